The van der Waals surface area contributed by atoms with Gasteiger partial charge in [0.15, 0.2) is 0 Å². The lowest BCUT2D eigenvalue weighted by atomic mass is 9.83. The number of benzene rings is 2. The third-order valence-electron chi connectivity index (χ3n) is 5.06. The minimum absolute atomic E-state index is 0.0853. The number of amides is 1. The highest BCUT2D eigenvalue weighted by Gasteiger charge is 2.37. The van der Waals surface area contributed by atoms with Crippen LogP contribution in [0.25, 0.3) is 0 Å². The Balaban J connectivity index is 2.06. The molecule has 1 amide bonds. The maximum absolute atomic E-state index is 14.1. The van der Waals surface area contributed by atoms with E-state index in [2.05, 4.69) is 0 Å². The van der Waals surface area contributed by atoms with E-state index >= 15 is 0 Å². The fraction of sp³-hybridized carbons (Fsp3) is 0.238. The molecule has 2 aromatic rings. The molecule has 7 nitrogen and oxygen atoms in total. The molecule has 0 spiro atoms. The molecule has 0 fully saturated rings. The van der Waals surface area contributed by atoms with Crippen LogP contribution in [-0.2, 0) is 20.9 Å². The minimum Gasteiger partial charge on any atom is -0.466 e. The average molecular weight is 416 g/mol. The number of non-ortho nitro benzene ring substituents is 1. The number of halogens is 2. The van der Waals surface area contributed by atoms with Crippen LogP contribution in [0.1, 0.15) is 30.4 Å². The molecule has 1 unspecified atom stereocenters. The summed E-state index contributed by atoms with van der Waals surface area (Å²) in [6.07, 6.45) is -0.161. The predicted molar refractivity (Wildman–Crippen MR) is 102 cm³/mol. The van der Waals surface area contributed by atoms with E-state index in [4.69, 9.17) is 4.74 Å². The molecule has 0 aliphatic carbocycles. The summed E-state index contributed by atoms with van der Waals surface area (Å²) in [6.45, 7) is 1.33. The maximum atomic E-state index is 14.1. The van der Waals surface area contributed by atoms with Crippen LogP contribution in [0.3, 0.4) is 0 Å². The third kappa shape index (κ3) is 4.05. The van der Waals surface area contributed by atoms with E-state index in [0.29, 0.717) is 5.56 Å². The fourth-order valence-electron chi connectivity index (χ4n) is 3.54. The number of allylic oxidation sites excluding steroid dienone is 1. The highest BCUT2D eigenvalue weighted by Crippen LogP contribution is 2.38. The Morgan fingerprint density at radius 2 is 2.00 bits per heavy atom. The number of carbonyl (C=O) groups is 2. The number of nitro benzene ring substituents is 1. The van der Waals surface area contributed by atoms with Crippen LogP contribution in [0, 0.1) is 21.7 Å². The summed E-state index contributed by atoms with van der Waals surface area (Å²) in [5, 5.41) is 11.1. The molecular formula is C21H18F2N2O5. The lowest BCUT2D eigenvalue weighted by Gasteiger charge is -2.34. The van der Waals surface area contributed by atoms with Crippen LogP contribution in [0.15, 0.2) is 53.7 Å². The molecule has 1 heterocycles. The Kier molecular flexibility index (Phi) is 5.91. The van der Waals surface area contributed by atoms with Crippen LogP contribution in [0.2, 0.25) is 0 Å². The van der Waals surface area contributed by atoms with Gasteiger partial charge < -0.3 is 9.64 Å². The lowest BCUT2D eigenvalue weighted by molar-refractivity contribution is -0.384. The lowest BCUT2D eigenvalue weighted by Crippen LogP contribution is -2.38. The summed E-state index contributed by atoms with van der Waals surface area (Å²) in [5.41, 5.74) is 0.739. The molecule has 0 bridgehead atoms. The first-order valence-corrected chi connectivity index (χ1v) is 9.00. The second kappa shape index (κ2) is 8.40. The molecular weight excluding hydrogens is 398 g/mol. The van der Waals surface area contributed by atoms with E-state index in [1.165, 1.54) is 43.2 Å². The summed E-state index contributed by atoms with van der Waals surface area (Å²) in [4.78, 5) is 37.2. The average Bonchev–Trinajstić information content (AvgIpc) is 2.71. The van der Waals surface area contributed by atoms with E-state index in [9.17, 15) is 28.5 Å². The van der Waals surface area contributed by atoms with E-state index in [-0.39, 0.29) is 35.5 Å². The van der Waals surface area contributed by atoms with E-state index < -0.39 is 34.4 Å². The van der Waals surface area contributed by atoms with Gasteiger partial charge in [0.2, 0.25) is 5.91 Å². The molecule has 2 aromatic carbocycles. The van der Waals surface area contributed by atoms with Gasteiger partial charge in [0.25, 0.3) is 5.69 Å². The normalized spacial score (nSPS) is 16.6. The van der Waals surface area contributed by atoms with Crippen LogP contribution >= 0.6 is 0 Å². The third-order valence-corrected chi connectivity index (χ3v) is 5.06. The molecule has 156 valence electrons. The number of nitrogens with zero attached hydrogens (tertiary/aromatic N) is 2. The van der Waals surface area contributed by atoms with Crippen molar-refractivity contribution >= 4 is 17.6 Å². The fourth-order valence-corrected chi connectivity index (χ4v) is 3.54. The molecule has 0 saturated heterocycles. The summed E-state index contributed by atoms with van der Waals surface area (Å²) in [7, 11) is 1.19. The number of ether oxygens (including phenoxy) is 1. The molecule has 0 aromatic heterocycles. The monoisotopic (exact) mass is 416 g/mol. The summed E-state index contributed by atoms with van der Waals surface area (Å²) in [5.74, 6) is -3.40. The molecule has 1 atom stereocenters. The Morgan fingerprint density at radius 3 is 2.63 bits per heavy atom. The van der Waals surface area contributed by atoms with Crippen LogP contribution in [-0.4, -0.2) is 28.8 Å². The molecule has 1 aliphatic rings. The number of hydrogen-bond acceptors (Lipinski definition) is 5. The van der Waals surface area contributed by atoms with Crippen molar-refractivity contribution in [2.45, 2.75) is 25.8 Å². The molecule has 9 heteroatoms. The van der Waals surface area contributed by atoms with Gasteiger partial charge in [0.05, 0.1) is 24.2 Å². The van der Waals surface area contributed by atoms with Crippen molar-refractivity contribution in [3.8, 4) is 0 Å². The molecule has 3 rings (SSSR count). The van der Waals surface area contributed by atoms with Gasteiger partial charge in [0.1, 0.15) is 11.6 Å². The number of methoxy groups -OCH3 is 1. The first-order chi connectivity index (χ1) is 14.2. The van der Waals surface area contributed by atoms with Gasteiger partial charge in [-0.2, -0.15) is 0 Å². The van der Waals surface area contributed by atoms with E-state index in [1.54, 1.807) is 6.07 Å². The Bertz CT molecular complexity index is 1070. The first kappa shape index (κ1) is 21.1. The first-order valence-electron chi connectivity index (χ1n) is 9.00. The number of rotatable bonds is 5. The van der Waals surface area contributed by atoms with Gasteiger partial charge in [-0.05, 0) is 18.6 Å². The van der Waals surface area contributed by atoms with Crippen molar-refractivity contribution in [3.63, 3.8) is 0 Å². The summed E-state index contributed by atoms with van der Waals surface area (Å²) < 4.78 is 32.1. The van der Waals surface area contributed by atoms with Gasteiger partial charge in [-0.25, -0.2) is 13.6 Å². The standard InChI is InChI=1S/C21H18F2N2O5/c1-12-20(21(27)30-2)17(13-4-3-5-16(8-13)25(28)29)10-19(26)24(12)11-14-6-7-15(22)9-18(14)23/h3-9,17H,10-11H2,1-2H3. The van der Waals surface area contributed by atoms with E-state index in [0.717, 1.165) is 12.1 Å². The number of nitro groups is 1. The van der Waals surface area contributed by atoms with Gasteiger partial charge in [-0.3, -0.25) is 14.9 Å². The summed E-state index contributed by atoms with van der Waals surface area (Å²) >= 11 is 0. The van der Waals surface area contributed by atoms with Gasteiger partial charge >= 0.3 is 5.97 Å². The van der Waals surface area contributed by atoms with Crippen LogP contribution < -0.4 is 0 Å². The maximum Gasteiger partial charge on any atom is 0.336 e. The SMILES string of the molecule is COC(=O)C1=C(C)N(Cc2ccc(F)cc2F)C(=O)CC1c1cccc([N+](=O)[O-])c1. The molecule has 0 N–H and O–H groups in total. The smallest absolute Gasteiger partial charge is 0.336 e. The number of hydrogen-bond donors (Lipinski definition) is 0. The molecule has 1 aliphatic heterocycles. The predicted octanol–water partition coefficient (Wildman–Crippen LogP) is 3.84. The van der Waals surface area contributed by atoms with Crippen molar-refractivity contribution in [2.24, 2.45) is 0 Å². The number of carbonyl (C=O) groups excluding carboxylic acids is 2. The van der Waals surface area contributed by atoms with E-state index in [1.807, 2.05) is 0 Å². The zero-order valence-electron chi connectivity index (χ0n) is 16.2. The minimum atomic E-state index is -0.809. The zero-order chi connectivity index (χ0) is 22.0. The second-order valence-corrected chi connectivity index (χ2v) is 6.82. The van der Waals surface area contributed by atoms with Crippen molar-refractivity contribution in [1.82, 2.24) is 4.90 Å². The topological polar surface area (TPSA) is 89.8 Å². The van der Waals surface area contributed by atoms with Crippen molar-refractivity contribution in [3.05, 3.63) is 86.6 Å². The highest BCUT2D eigenvalue weighted by molar-refractivity contribution is 5.95. The zero-order valence-corrected chi connectivity index (χ0v) is 16.2. The molecule has 0 radical (unpaired) electrons. The van der Waals surface area contributed by atoms with Crippen molar-refractivity contribution in [1.29, 1.82) is 0 Å². The molecule has 0 saturated carbocycles. The Hall–Kier alpha value is -3.62. The van der Waals surface area contributed by atoms with Gasteiger partial charge in [-0.15, -0.1) is 0 Å². The Morgan fingerprint density at radius 1 is 1.27 bits per heavy atom. The quantitative estimate of drug-likeness (QED) is 0.420. The second-order valence-electron chi connectivity index (χ2n) is 6.82. The Labute approximate surface area is 170 Å². The largest absolute Gasteiger partial charge is 0.466 e. The summed E-state index contributed by atoms with van der Waals surface area (Å²) in [6, 6.07) is 8.72. The van der Waals surface area contributed by atoms with Gasteiger partial charge in [0, 0.05) is 41.8 Å². The van der Waals surface area contributed by atoms with Crippen LogP contribution in [0.4, 0.5) is 14.5 Å². The number of esters is 1. The highest BCUT2D eigenvalue weighted by atomic mass is 19.1. The molecule has 30 heavy (non-hydrogen) atoms. The van der Waals surface area contributed by atoms with Crippen molar-refractivity contribution < 1.29 is 28.0 Å². The van der Waals surface area contributed by atoms with Crippen LogP contribution in [0.5, 0.6) is 0 Å². The van der Waals surface area contributed by atoms with Crippen molar-refractivity contribution in [2.75, 3.05) is 7.11 Å². The van der Waals surface area contributed by atoms with Gasteiger partial charge in [-0.1, -0.05) is 18.2 Å².